The number of carbonyl (C=O) groups is 2. The molecule has 1 N–H and O–H groups in total. The first-order valence-electron chi connectivity index (χ1n) is 5.32. The van der Waals surface area contributed by atoms with Crippen LogP contribution in [0.5, 0.6) is 0 Å². The molecule has 0 aliphatic carbocycles. The fourth-order valence-corrected chi connectivity index (χ4v) is 1.37. The van der Waals surface area contributed by atoms with E-state index in [-0.39, 0.29) is 12.1 Å². The molecule has 7 heteroatoms. The zero-order valence-corrected chi connectivity index (χ0v) is 10.1. The van der Waals surface area contributed by atoms with Crippen LogP contribution in [0, 0.1) is 0 Å². The highest BCUT2D eigenvalue weighted by atomic mass is 19.4. The largest absolute Gasteiger partial charge is 0.465 e. The number of halogens is 3. The van der Waals surface area contributed by atoms with E-state index >= 15 is 0 Å². The van der Waals surface area contributed by atoms with Crippen LogP contribution in [-0.4, -0.2) is 25.2 Å². The third-order valence-electron chi connectivity index (χ3n) is 2.20. The Labute approximate surface area is 107 Å². The van der Waals surface area contributed by atoms with Crippen molar-refractivity contribution in [3.05, 3.63) is 35.4 Å². The Morgan fingerprint density at radius 1 is 1.32 bits per heavy atom. The number of ether oxygens (including phenoxy) is 1. The van der Waals surface area contributed by atoms with Crippen LogP contribution >= 0.6 is 0 Å². The van der Waals surface area contributed by atoms with Gasteiger partial charge in [-0.05, 0) is 17.7 Å². The third kappa shape index (κ3) is 5.41. The molecule has 1 amide bonds. The van der Waals surface area contributed by atoms with Gasteiger partial charge in [-0.1, -0.05) is 12.1 Å². The van der Waals surface area contributed by atoms with Gasteiger partial charge in [0.2, 0.25) is 5.91 Å². The van der Waals surface area contributed by atoms with Crippen LogP contribution in [0.25, 0.3) is 0 Å². The average Bonchev–Trinajstić information content (AvgIpc) is 2.34. The lowest BCUT2D eigenvalue weighted by Gasteiger charge is -2.08. The fourth-order valence-electron chi connectivity index (χ4n) is 1.37. The molecule has 4 nitrogen and oxygen atoms in total. The van der Waals surface area contributed by atoms with Gasteiger partial charge >= 0.3 is 12.1 Å². The Kier molecular flexibility index (Phi) is 4.91. The lowest BCUT2D eigenvalue weighted by Crippen LogP contribution is -2.28. The van der Waals surface area contributed by atoms with Crippen molar-refractivity contribution >= 4 is 11.9 Å². The van der Waals surface area contributed by atoms with Crippen molar-refractivity contribution in [3.63, 3.8) is 0 Å². The molecule has 104 valence electrons. The van der Waals surface area contributed by atoms with Crippen LogP contribution < -0.4 is 5.32 Å². The number of nitrogens with one attached hydrogen (secondary N) is 1. The van der Waals surface area contributed by atoms with E-state index in [1.54, 1.807) is 12.1 Å². The third-order valence-corrected chi connectivity index (χ3v) is 2.20. The summed E-state index contributed by atoms with van der Waals surface area (Å²) >= 11 is 0. The maximum absolute atomic E-state index is 11.9. The van der Waals surface area contributed by atoms with E-state index in [9.17, 15) is 22.8 Å². The highest BCUT2D eigenvalue weighted by Gasteiger charge is 2.30. The highest BCUT2D eigenvalue weighted by Crippen LogP contribution is 2.19. The number of rotatable bonds is 4. The van der Waals surface area contributed by atoms with Gasteiger partial charge in [0.25, 0.3) is 0 Å². The summed E-state index contributed by atoms with van der Waals surface area (Å²) in [5, 5.41) is 2.13. The second kappa shape index (κ2) is 6.21. The number of esters is 1. The van der Waals surface area contributed by atoms with Gasteiger partial charge in [0.1, 0.15) is 6.42 Å². The second-order valence-corrected chi connectivity index (χ2v) is 3.76. The standard InChI is InChI=1S/C12H12F3NO3/c1-19-11(18)9-4-2-3-8(5-9)7-16-10(17)6-12(13,14)15/h2-5H,6-7H2,1H3,(H,16,17). The number of hydrogen-bond donors (Lipinski definition) is 1. The van der Waals surface area contributed by atoms with Crippen molar-refractivity contribution < 1.29 is 27.5 Å². The van der Waals surface area contributed by atoms with Crippen molar-refractivity contribution in [1.82, 2.24) is 5.32 Å². The number of benzene rings is 1. The van der Waals surface area contributed by atoms with Crippen LogP contribution in [0.1, 0.15) is 22.3 Å². The van der Waals surface area contributed by atoms with Gasteiger partial charge in [0.15, 0.2) is 0 Å². The molecule has 1 rings (SSSR count). The molecule has 0 heterocycles. The Morgan fingerprint density at radius 3 is 2.58 bits per heavy atom. The zero-order valence-electron chi connectivity index (χ0n) is 10.1. The van der Waals surface area contributed by atoms with E-state index in [1.807, 2.05) is 0 Å². The fraction of sp³-hybridized carbons (Fsp3) is 0.333. The number of amides is 1. The maximum Gasteiger partial charge on any atom is 0.397 e. The summed E-state index contributed by atoms with van der Waals surface area (Å²) in [4.78, 5) is 22.2. The molecule has 0 spiro atoms. The van der Waals surface area contributed by atoms with Crippen molar-refractivity contribution in [1.29, 1.82) is 0 Å². The molecular weight excluding hydrogens is 263 g/mol. The van der Waals surface area contributed by atoms with E-state index in [1.165, 1.54) is 19.2 Å². The lowest BCUT2D eigenvalue weighted by atomic mass is 10.1. The molecule has 19 heavy (non-hydrogen) atoms. The molecule has 1 aromatic carbocycles. The van der Waals surface area contributed by atoms with Crippen LogP contribution in [0.2, 0.25) is 0 Å². The molecule has 0 radical (unpaired) electrons. The van der Waals surface area contributed by atoms with Crippen molar-refractivity contribution in [3.8, 4) is 0 Å². The molecule has 0 atom stereocenters. The van der Waals surface area contributed by atoms with E-state index in [0.717, 1.165) is 0 Å². The van der Waals surface area contributed by atoms with Crippen LogP contribution in [0.15, 0.2) is 24.3 Å². The summed E-state index contributed by atoms with van der Waals surface area (Å²) in [5.74, 6) is -1.67. The minimum Gasteiger partial charge on any atom is -0.465 e. The predicted molar refractivity (Wildman–Crippen MR) is 60.3 cm³/mol. The Bertz CT molecular complexity index is 472. The van der Waals surface area contributed by atoms with Crippen molar-refractivity contribution in [2.75, 3.05) is 7.11 Å². The first kappa shape index (κ1) is 15.0. The van der Waals surface area contributed by atoms with E-state index in [0.29, 0.717) is 5.56 Å². The topological polar surface area (TPSA) is 55.4 Å². The van der Waals surface area contributed by atoms with Crippen LogP contribution in [0.3, 0.4) is 0 Å². The summed E-state index contributed by atoms with van der Waals surface area (Å²) in [6, 6.07) is 6.09. The first-order chi connectivity index (χ1) is 8.81. The Hall–Kier alpha value is -2.05. The molecule has 0 bridgehead atoms. The summed E-state index contributed by atoms with van der Waals surface area (Å²) in [7, 11) is 1.22. The minimum absolute atomic E-state index is 0.0836. The van der Waals surface area contributed by atoms with Crippen LogP contribution in [-0.2, 0) is 16.1 Å². The van der Waals surface area contributed by atoms with E-state index in [4.69, 9.17) is 0 Å². The van der Waals surface area contributed by atoms with Gasteiger partial charge in [-0.15, -0.1) is 0 Å². The number of methoxy groups -OCH3 is 1. The molecule has 0 aromatic heterocycles. The average molecular weight is 275 g/mol. The molecule has 0 fully saturated rings. The quantitative estimate of drug-likeness (QED) is 0.855. The molecule has 0 aliphatic rings. The SMILES string of the molecule is COC(=O)c1cccc(CNC(=O)CC(F)(F)F)c1. The zero-order chi connectivity index (χ0) is 14.5. The molecular formula is C12H12F3NO3. The smallest absolute Gasteiger partial charge is 0.397 e. The summed E-state index contributed by atoms with van der Waals surface area (Å²) in [6.07, 6.45) is -6.05. The second-order valence-electron chi connectivity index (χ2n) is 3.76. The number of alkyl halides is 3. The van der Waals surface area contributed by atoms with Gasteiger partial charge in [-0.2, -0.15) is 13.2 Å². The molecule has 0 aliphatic heterocycles. The Morgan fingerprint density at radius 2 is 2.00 bits per heavy atom. The summed E-state index contributed by atoms with van der Waals surface area (Å²) < 4.78 is 40.3. The first-order valence-corrected chi connectivity index (χ1v) is 5.32. The number of carbonyl (C=O) groups excluding carboxylic acids is 2. The Balaban J connectivity index is 2.59. The monoisotopic (exact) mass is 275 g/mol. The van der Waals surface area contributed by atoms with Crippen molar-refractivity contribution in [2.24, 2.45) is 0 Å². The van der Waals surface area contributed by atoms with Gasteiger partial charge in [-0.3, -0.25) is 4.79 Å². The lowest BCUT2D eigenvalue weighted by molar-refractivity contribution is -0.153. The maximum atomic E-state index is 11.9. The molecule has 0 saturated carbocycles. The molecule has 1 aromatic rings. The van der Waals surface area contributed by atoms with Gasteiger partial charge in [0, 0.05) is 6.54 Å². The van der Waals surface area contributed by atoms with E-state index in [2.05, 4.69) is 10.1 Å². The molecule has 0 unspecified atom stereocenters. The highest BCUT2D eigenvalue weighted by molar-refractivity contribution is 5.89. The van der Waals surface area contributed by atoms with Gasteiger partial charge in [0.05, 0.1) is 12.7 Å². The minimum atomic E-state index is -4.53. The molecule has 0 saturated heterocycles. The van der Waals surface area contributed by atoms with Gasteiger partial charge in [-0.25, -0.2) is 4.79 Å². The van der Waals surface area contributed by atoms with E-state index < -0.39 is 24.5 Å². The van der Waals surface area contributed by atoms with Crippen molar-refractivity contribution in [2.45, 2.75) is 19.1 Å². The predicted octanol–water partition coefficient (Wildman–Crippen LogP) is 2.04. The normalized spacial score (nSPS) is 10.9. The van der Waals surface area contributed by atoms with Crippen LogP contribution in [0.4, 0.5) is 13.2 Å². The summed E-state index contributed by atoms with van der Waals surface area (Å²) in [5.41, 5.74) is 0.781. The number of hydrogen-bond acceptors (Lipinski definition) is 3. The van der Waals surface area contributed by atoms with Gasteiger partial charge < -0.3 is 10.1 Å². The summed E-state index contributed by atoms with van der Waals surface area (Å²) in [6.45, 7) is -0.0836.